The molecular formula is C19H36N6O. The van der Waals surface area contributed by atoms with Gasteiger partial charge in [-0.25, -0.2) is 0 Å². The lowest BCUT2D eigenvalue weighted by atomic mass is 9.99. The standard InChI is InChI=1S/C19H36N6O/c1-5-20-19(21-10-6-12-25-13-8-16(4)9-14-25)22-11-7-17-23-18(15(2)3)24-26-17/h15-16H,5-14H2,1-4H3,(H2,20,21,22). The van der Waals surface area contributed by atoms with Gasteiger partial charge in [-0.1, -0.05) is 25.9 Å². The normalized spacial score (nSPS) is 17.0. The molecule has 1 aliphatic rings. The monoisotopic (exact) mass is 364 g/mol. The van der Waals surface area contributed by atoms with Crippen molar-refractivity contribution >= 4 is 5.96 Å². The second-order valence-corrected chi connectivity index (χ2v) is 7.52. The van der Waals surface area contributed by atoms with Crippen molar-refractivity contribution in [2.75, 3.05) is 39.3 Å². The van der Waals surface area contributed by atoms with E-state index in [4.69, 9.17) is 4.52 Å². The van der Waals surface area contributed by atoms with Gasteiger partial charge < -0.3 is 20.1 Å². The highest BCUT2D eigenvalue weighted by molar-refractivity contribution is 5.79. The first-order chi connectivity index (χ1) is 12.6. The van der Waals surface area contributed by atoms with Crippen molar-refractivity contribution in [3.8, 4) is 0 Å². The van der Waals surface area contributed by atoms with Crippen LogP contribution in [-0.4, -0.2) is 60.3 Å². The molecule has 1 aromatic rings. The maximum Gasteiger partial charge on any atom is 0.228 e. The largest absolute Gasteiger partial charge is 0.357 e. The van der Waals surface area contributed by atoms with Gasteiger partial charge >= 0.3 is 0 Å². The number of likely N-dealkylation sites (tertiary alicyclic amines) is 1. The average molecular weight is 365 g/mol. The van der Waals surface area contributed by atoms with E-state index >= 15 is 0 Å². The Bertz CT molecular complexity index is 534. The summed E-state index contributed by atoms with van der Waals surface area (Å²) in [6.45, 7) is 14.6. The lowest BCUT2D eigenvalue weighted by Gasteiger charge is -2.29. The molecule has 1 saturated heterocycles. The summed E-state index contributed by atoms with van der Waals surface area (Å²) < 4.78 is 5.27. The van der Waals surface area contributed by atoms with Crippen LogP contribution in [0.2, 0.25) is 0 Å². The number of rotatable bonds is 9. The summed E-state index contributed by atoms with van der Waals surface area (Å²) in [6, 6.07) is 0. The van der Waals surface area contributed by atoms with Crippen LogP contribution in [0, 0.1) is 5.92 Å². The molecule has 0 amide bonds. The first-order valence-corrected chi connectivity index (χ1v) is 10.2. The van der Waals surface area contributed by atoms with Crippen LogP contribution in [0.15, 0.2) is 9.52 Å². The summed E-state index contributed by atoms with van der Waals surface area (Å²) in [5.41, 5.74) is 0. The van der Waals surface area contributed by atoms with Crippen LogP contribution < -0.4 is 10.6 Å². The Kier molecular flexibility index (Phi) is 8.88. The number of piperidine rings is 1. The van der Waals surface area contributed by atoms with Gasteiger partial charge in [0.2, 0.25) is 5.89 Å². The van der Waals surface area contributed by atoms with Crippen LogP contribution in [-0.2, 0) is 6.42 Å². The molecule has 0 saturated carbocycles. The Labute approximate surface area is 158 Å². The van der Waals surface area contributed by atoms with Crippen molar-refractivity contribution in [1.82, 2.24) is 25.7 Å². The maximum absolute atomic E-state index is 5.27. The van der Waals surface area contributed by atoms with Crippen LogP contribution in [0.1, 0.15) is 64.6 Å². The first-order valence-electron chi connectivity index (χ1n) is 10.2. The highest BCUT2D eigenvalue weighted by Crippen LogP contribution is 2.15. The third kappa shape index (κ3) is 7.32. The summed E-state index contributed by atoms with van der Waals surface area (Å²) in [7, 11) is 0. The van der Waals surface area contributed by atoms with E-state index in [1.165, 1.54) is 25.9 Å². The first kappa shape index (κ1) is 20.7. The van der Waals surface area contributed by atoms with Gasteiger partial charge in [-0.15, -0.1) is 0 Å². The van der Waals surface area contributed by atoms with Crippen molar-refractivity contribution in [3.05, 3.63) is 11.7 Å². The second-order valence-electron chi connectivity index (χ2n) is 7.52. The van der Waals surface area contributed by atoms with Crippen molar-refractivity contribution < 1.29 is 4.52 Å². The van der Waals surface area contributed by atoms with E-state index in [0.717, 1.165) is 50.3 Å². The zero-order chi connectivity index (χ0) is 18.8. The smallest absolute Gasteiger partial charge is 0.228 e. The molecule has 2 N–H and O–H groups in total. The summed E-state index contributed by atoms with van der Waals surface area (Å²) in [5.74, 6) is 3.50. The summed E-state index contributed by atoms with van der Waals surface area (Å²) in [4.78, 5) is 11.6. The molecule has 7 nitrogen and oxygen atoms in total. The molecule has 1 aliphatic heterocycles. The second kappa shape index (κ2) is 11.2. The van der Waals surface area contributed by atoms with Crippen LogP contribution in [0.3, 0.4) is 0 Å². The summed E-state index contributed by atoms with van der Waals surface area (Å²) in [6.07, 6.45) is 4.48. The third-order valence-corrected chi connectivity index (χ3v) is 4.75. The van der Waals surface area contributed by atoms with E-state index in [-0.39, 0.29) is 0 Å². The molecule has 1 aromatic heterocycles. The zero-order valence-corrected chi connectivity index (χ0v) is 16.9. The van der Waals surface area contributed by atoms with Crippen molar-refractivity contribution in [1.29, 1.82) is 0 Å². The quantitative estimate of drug-likeness (QED) is 0.398. The Morgan fingerprint density at radius 1 is 1.31 bits per heavy atom. The van der Waals surface area contributed by atoms with Gasteiger partial charge in [0, 0.05) is 32.0 Å². The van der Waals surface area contributed by atoms with E-state index in [1.807, 2.05) is 0 Å². The summed E-state index contributed by atoms with van der Waals surface area (Å²) >= 11 is 0. The molecule has 0 bridgehead atoms. The Morgan fingerprint density at radius 3 is 2.73 bits per heavy atom. The van der Waals surface area contributed by atoms with Crippen molar-refractivity contribution in [3.63, 3.8) is 0 Å². The van der Waals surface area contributed by atoms with Gasteiger partial charge in [0.15, 0.2) is 11.8 Å². The molecule has 7 heteroatoms. The zero-order valence-electron chi connectivity index (χ0n) is 16.9. The van der Waals surface area contributed by atoms with Crippen LogP contribution in [0.25, 0.3) is 0 Å². The molecule has 0 unspecified atom stereocenters. The van der Waals surface area contributed by atoms with Crippen molar-refractivity contribution in [2.24, 2.45) is 10.9 Å². The molecule has 0 aromatic carbocycles. The molecular weight excluding hydrogens is 328 g/mol. The number of aliphatic imine (C=N–C) groups is 1. The molecule has 0 atom stereocenters. The molecule has 2 heterocycles. The number of hydrogen-bond acceptors (Lipinski definition) is 5. The predicted octanol–water partition coefficient (Wildman–Crippen LogP) is 2.41. The van der Waals surface area contributed by atoms with E-state index < -0.39 is 0 Å². The molecule has 0 aliphatic carbocycles. The minimum Gasteiger partial charge on any atom is -0.357 e. The average Bonchev–Trinajstić information content (AvgIpc) is 3.09. The highest BCUT2D eigenvalue weighted by atomic mass is 16.5. The fourth-order valence-electron chi connectivity index (χ4n) is 3.00. The van der Waals surface area contributed by atoms with Crippen LogP contribution in [0.4, 0.5) is 0 Å². The number of nitrogens with one attached hydrogen (secondary N) is 2. The number of guanidine groups is 1. The van der Waals surface area contributed by atoms with E-state index in [2.05, 4.69) is 58.4 Å². The van der Waals surface area contributed by atoms with E-state index in [0.29, 0.717) is 18.2 Å². The Hall–Kier alpha value is -1.63. The van der Waals surface area contributed by atoms with E-state index in [1.54, 1.807) is 0 Å². The van der Waals surface area contributed by atoms with Crippen LogP contribution >= 0.6 is 0 Å². The molecule has 26 heavy (non-hydrogen) atoms. The molecule has 0 spiro atoms. The highest BCUT2D eigenvalue weighted by Gasteiger charge is 2.14. The Morgan fingerprint density at radius 2 is 2.08 bits per heavy atom. The lowest BCUT2D eigenvalue weighted by Crippen LogP contribution is -2.38. The molecule has 148 valence electrons. The molecule has 0 radical (unpaired) electrons. The van der Waals surface area contributed by atoms with Gasteiger partial charge in [0.1, 0.15) is 0 Å². The fourth-order valence-corrected chi connectivity index (χ4v) is 3.00. The minimum absolute atomic E-state index is 0.294. The van der Waals surface area contributed by atoms with Gasteiger partial charge in [0.25, 0.3) is 0 Å². The number of aromatic nitrogens is 2. The topological polar surface area (TPSA) is 78.6 Å². The Balaban J connectivity index is 1.66. The van der Waals surface area contributed by atoms with Crippen molar-refractivity contribution in [2.45, 2.75) is 59.3 Å². The maximum atomic E-state index is 5.27. The summed E-state index contributed by atoms with van der Waals surface area (Å²) in [5, 5.41) is 10.6. The third-order valence-electron chi connectivity index (χ3n) is 4.75. The van der Waals surface area contributed by atoms with Gasteiger partial charge in [0.05, 0.1) is 0 Å². The minimum atomic E-state index is 0.294. The fraction of sp³-hybridized carbons (Fsp3) is 0.842. The lowest BCUT2D eigenvalue weighted by molar-refractivity contribution is 0.192. The molecule has 2 rings (SSSR count). The number of hydrogen-bond donors (Lipinski definition) is 2. The molecule has 1 fully saturated rings. The van der Waals surface area contributed by atoms with Gasteiger partial charge in [-0.05, 0) is 51.7 Å². The number of nitrogens with zero attached hydrogens (tertiary/aromatic N) is 4. The van der Waals surface area contributed by atoms with Crippen LogP contribution in [0.5, 0.6) is 0 Å². The van der Waals surface area contributed by atoms with E-state index in [9.17, 15) is 0 Å². The van der Waals surface area contributed by atoms with Gasteiger partial charge in [-0.3, -0.25) is 4.99 Å². The predicted molar refractivity (Wildman–Crippen MR) is 106 cm³/mol. The van der Waals surface area contributed by atoms with Gasteiger partial charge in [-0.2, -0.15) is 4.98 Å². The SMILES string of the molecule is CCNC(=NCCCN1CCC(C)CC1)NCCc1nc(C(C)C)no1.